The van der Waals surface area contributed by atoms with Crippen LogP contribution in [0, 0.1) is 0 Å². The number of ether oxygens (including phenoxy) is 1. The lowest BCUT2D eigenvalue weighted by Crippen LogP contribution is -2.32. The summed E-state index contributed by atoms with van der Waals surface area (Å²) in [6.07, 6.45) is 2.14. The zero-order valence-corrected chi connectivity index (χ0v) is 12.9. The van der Waals surface area contributed by atoms with E-state index in [0.717, 1.165) is 18.4 Å². The normalized spacial score (nSPS) is 12.7. The van der Waals surface area contributed by atoms with E-state index in [0.29, 0.717) is 34.3 Å². The highest BCUT2D eigenvalue weighted by Crippen LogP contribution is 2.31. The fourth-order valence-corrected chi connectivity index (χ4v) is 2.45. The zero-order chi connectivity index (χ0) is 13.5. The zero-order valence-electron chi connectivity index (χ0n) is 10.6. The summed E-state index contributed by atoms with van der Waals surface area (Å²) in [6, 6.07) is 3.76. The largest absolute Gasteiger partial charge is 0.383 e. The van der Waals surface area contributed by atoms with Crippen LogP contribution in [-0.2, 0) is 11.3 Å². The Morgan fingerprint density at radius 3 is 2.50 bits per heavy atom. The molecule has 0 fully saturated rings. The molecule has 5 heteroatoms. The second-order valence-electron chi connectivity index (χ2n) is 4.14. The molecule has 1 rings (SSSR count). The van der Waals surface area contributed by atoms with Gasteiger partial charge < -0.3 is 10.1 Å². The van der Waals surface area contributed by atoms with Crippen molar-refractivity contribution in [2.45, 2.75) is 32.4 Å². The Kier molecular flexibility index (Phi) is 7.35. The molecule has 0 aliphatic rings. The molecule has 0 saturated carbocycles. The minimum Gasteiger partial charge on any atom is -0.383 e. The SMILES string of the molecule is CCCC(COC)NCc1c(Cl)ccc(Cl)c1Cl. The fourth-order valence-electron chi connectivity index (χ4n) is 1.77. The van der Waals surface area contributed by atoms with E-state index in [1.54, 1.807) is 19.2 Å². The van der Waals surface area contributed by atoms with Gasteiger partial charge in [-0.25, -0.2) is 0 Å². The molecule has 1 aromatic rings. The first kappa shape index (κ1) is 16.1. The Hall–Kier alpha value is 0.01000. The summed E-state index contributed by atoms with van der Waals surface area (Å²) in [4.78, 5) is 0. The van der Waals surface area contributed by atoms with E-state index in [1.165, 1.54) is 0 Å². The van der Waals surface area contributed by atoms with Crippen LogP contribution in [0.15, 0.2) is 12.1 Å². The lowest BCUT2D eigenvalue weighted by atomic mass is 10.1. The molecule has 0 radical (unpaired) electrons. The molecular weight excluding hydrogens is 293 g/mol. The van der Waals surface area contributed by atoms with Gasteiger partial charge >= 0.3 is 0 Å². The quantitative estimate of drug-likeness (QED) is 0.746. The van der Waals surface area contributed by atoms with Crippen LogP contribution < -0.4 is 5.32 Å². The van der Waals surface area contributed by atoms with Crippen LogP contribution in [-0.4, -0.2) is 19.8 Å². The number of hydrogen-bond donors (Lipinski definition) is 1. The van der Waals surface area contributed by atoms with Gasteiger partial charge in [0.2, 0.25) is 0 Å². The summed E-state index contributed by atoms with van der Waals surface area (Å²) >= 11 is 18.3. The van der Waals surface area contributed by atoms with Crippen molar-refractivity contribution in [3.05, 3.63) is 32.8 Å². The maximum Gasteiger partial charge on any atom is 0.0652 e. The van der Waals surface area contributed by atoms with Crippen LogP contribution in [0.2, 0.25) is 15.1 Å². The van der Waals surface area contributed by atoms with Gasteiger partial charge in [0.1, 0.15) is 0 Å². The van der Waals surface area contributed by atoms with Crippen molar-refractivity contribution in [1.29, 1.82) is 0 Å². The predicted molar refractivity (Wildman–Crippen MR) is 78.9 cm³/mol. The first-order chi connectivity index (χ1) is 8.60. The van der Waals surface area contributed by atoms with Gasteiger partial charge in [-0.3, -0.25) is 0 Å². The molecule has 1 unspecified atom stereocenters. The molecule has 0 aliphatic carbocycles. The first-order valence-electron chi connectivity index (χ1n) is 5.94. The molecule has 102 valence electrons. The second-order valence-corrected chi connectivity index (χ2v) is 5.34. The Labute approximate surface area is 124 Å². The molecule has 2 nitrogen and oxygen atoms in total. The van der Waals surface area contributed by atoms with Crippen LogP contribution in [0.4, 0.5) is 0 Å². The molecule has 0 saturated heterocycles. The monoisotopic (exact) mass is 309 g/mol. The van der Waals surface area contributed by atoms with E-state index in [2.05, 4.69) is 12.2 Å². The molecule has 1 N–H and O–H groups in total. The smallest absolute Gasteiger partial charge is 0.0652 e. The Bertz CT molecular complexity index is 379. The average Bonchev–Trinajstić information content (AvgIpc) is 2.34. The second kappa shape index (κ2) is 8.23. The molecule has 0 aromatic heterocycles. The van der Waals surface area contributed by atoms with Crippen molar-refractivity contribution in [2.75, 3.05) is 13.7 Å². The third-order valence-electron chi connectivity index (χ3n) is 2.71. The van der Waals surface area contributed by atoms with Crippen LogP contribution in [0.3, 0.4) is 0 Å². The Balaban J connectivity index is 2.69. The van der Waals surface area contributed by atoms with Crippen LogP contribution in [0.1, 0.15) is 25.3 Å². The van der Waals surface area contributed by atoms with E-state index < -0.39 is 0 Å². The highest BCUT2D eigenvalue weighted by atomic mass is 35.5. The molecule has 1 aromatic carbocycles. The first-order valence-corrected chi connectivity index (χ1v) is 7.08. The van der Waals surface area contributed by atoms with Crippen LogP contribution in [0.5, 0.6) is 0 Å². The van der Waals surface area contributed by atoms with Crippen molar-refractivity contribution < 1.29 is 4.74 Å². The van der Waals surface area contributed by atoms with Gasteiger partial charge in [-0.2, -0.15) is 0 Å². The van der Waals surface area contributed by atoms with Crippen molar-refractivity contribution in [3.8, 4) is 0 Å². The average molecular weight is 311 g/mol. The van der Waals surface area contributed by atoms with E-state index in [4.69, 9.17) is 39.5 Å². The standard InChI is InChI=1S/C13H18Cl3NO/c1-3-4-9(8-18-2)17-7-10-11(14)5-6-12(15)13(10)16/h5-6,9,17H,3-4,7-8H2,1-2H3. The number of hydrogen-bond acceptors (Lipinski definition) is 2. The highest BCUT2D eigenvalue weighted by Gasteiger charge is 2.12. The number of rotatable bonds is 7. The minimum absolute atomic E-state index is 0.297. The molecule has 0 amide bonds. The molecular formula is C13H18Cl3NO. The number of methoxy groups -OCH3 is 1. The van der Waals surface area contributed by atoms with Crippen molar-refractivity contribution in [2.24, 2.45) is 0 Å². The molecule has 0 aliphatic heterocycles. The van der Waals surface area contributed by atoms with E-state index in [9.17, 15) is 0 Å². The maximum absolute atomic E-state index is 6.15. The summed E-state index contributed by atoms with van der Waals surface area (Å²) in [6.45, 7) is 3.40. The molecule has 1 atom stereocenters. The van der Waals surface area contributed by atoms with Gasteiger partial charge in [0, 0.05) is 30.3 Å². The molecule has 0 heterocycles. The van der Waals surface area contributed by atoms with Crippen LogP contribution in [0.25, 0.3) is 0 Å². The van der Waals surface area contributed by atoms with Gasteiger partial charge in [-0.1, -0.05) is 48.1 Å². The lowest BCUT2D eigenvalue weighted by Gasteiger charge is -2.18. The summed E-state index contributed by atoms with van der Waals surface area (Å²) < 4.78 is 5.17. The van der Waals surface area contributed by atoms with Crippen molar-refractivity contribution in [1.82, 2.24) is 5.32 Å². The minimum atomic E-state index is 0.297. The van der Waals surface area contributed by atoms with Gasteiger partial charge in [-0.15, -0.1) is 0 Å². The third kappa shape index (κ3) is 4.60. The molecule has 0 spiro atoms. The predicted octanol–water partition coefficient (Wildman–Crippen LogP) is 4.55. The maximum atomic E-state index is 6.15. The van der Waals surface area contributed by atoms with E-state index in [1.807, 2.05) is 0 Å². The summed E-state index contributed by atoms with van der Waals surface area (Å²) in [7, 11) is 1.70. The Morgan fingerprint density at radius 2 is 1.89 bits per heavy atom. The van der Waals surface area contributed by atoms with Gasteiger partial charge in [0.25, 0.3) is 0 Å². The summed E-state index contributed by atoms with van der Waals surface area (Å²) in [5.74, 6) is 0. The topological polar surface area (TPSA) is 21.3 Å². The van der Waals surface area contributed by atoms with Gasteiger partial charge in [0.05, 0.1) is 16.7 Å². The van der Waals surface area contributed by atoms with Crippen LogP contribution >= 0.6 is 34.8 Å². The lowest BCUT2D eigenvalue weighted by molar-refractivity contribution is 0.161. The van der Waals surface area contributed by atoms with E-state index in [-0.39, 0.29) is 0 Å². The van der Waals surface area contributed by atoms with Crippen molar-refractivity contribution in [3.63, 3.8) is 0 Å². The van der Waals surface area contributed by atoms with Crippen molar-refractivity contribution >= 4 is 34.8 Å². The molecule has 0 bridgehead atoms. The number of nitrogens with one attached hydrogen (secondary N) is 1. The highest BCUT2D eigenvalue weighted by molar-refractivity contribution is 6.44. The summed E-state index contributed by atoms with van der Waals surface area (Å²) in [5, 5.41) is 5.07. The summed E-state index contributed by atoms with van der Waals surface area (Å²) in [5.41, 5.74) is 0.836. The fraction of sp³-hybridized carbons (Fsp3) is 0.538. The number of halogens is 3. The van der Waals surface area contributed by atoms with Gasteiger partial charge in [-0.05, 0) is 18.6 Å². The van der Waals surface area contributed by atoms with E-state index >= 15 is 0 Å². The number of benzene rings is 1. The molecule has 18 heavy (non-hydrogen) atoms. The Morgan fingerprint density at radius 1 is 1.22 bits per heavy atom. The van der Waals surface area contributed by atoms with Gasteiger partial charge in [0.15, 0.2) is 0 Å². The third-order valence-corrected chi connectivity index (χ3v) is 3.91.